The molecule has 0 amide bonds. The molecule has 84 valence electrons. The van der Waals surface area contributed by atoms with Crippen molar-refractivity contribution in [3.63, 3.8) is 0 Å². The number of β-amino-alcohol motifs (C(OH)–C–C–N with tert-alkyl or cyclic N) is 1. The summed E-state index contributed by atoms with van der Waals surface area (Å²) in [7, 11) is 0. The Morgan fingerprint density at radius 2 is 2.20 bits per heavy atom. The van der Waals surface area contributed by atoms with E-state index in [1.165, 1.54) is 5.56 Å². The molecule has 2 heterocycles. The maximum Gasteiger partial charge on any atom is 0.128 e. The Labute approximate surface area is 91.8 Å². The van der Waals surface area contributed by atoms with E-state index in [0.717, 1.165) is 25.3 Å². The van der Waals surface area contributed by atoms with E-state index in [4.69, 9.17) is 0 Å². The molecule has 0 aromatic carbocycles. The molecule has 1 fully saturated rings. The first-order valence-corrected chi connectivity index (χ1v) is 5.61. The van der Waals surface area contributed by atoms with Gasteiger partial charge in [-0.05, 0) is 31.0 Å². The van der Waals surface area contributed by atoms with Crippen molar-refractivity contribution in [1.29, 1.82) is 0 Å². The molecule has 1 atom stereocenters. The van der Waals surface area contributed by atoms with Crippen LogP contribution in [-0.4, -0.2) is 29.3 Å². The highest BCUT2D eigenvalue weighted by Crippen LogP contribution is 2.18. The van der Waals surface area contributed by atoms with Crippen LogP contribution in [0.15, 0.2) is 18.3 Å². The SMILES string of the molecule is CC.Cc1ccnc(N2CCC(O)C2)c1. The van der Waals surface area contributed by atoms with Crippen LogP contribution in [0.3, 0.4) is 0 Å². The summed E-state index contributed by atoms with van der Waals surface area (Å²) in [5.74, 6) is 0.983. The molecule has 3 nitrogen and oxygen atoms in total. The number of pyridine rings is 1. The van der Waals surface area contributed by atoms with Gasteiger partial charge in [0.05, 0.1) is 6.10 Å². The minimum Gasteiger partial charge on any atom is -0.391 e. The van der Waals surface area contributed by atoms with Crippen LogP contribution in [0.4, 0.5) is 5.82 Å². The van der Waals surface area contributed by atoms with Crippen LogP contribution >= 0.6 is 0 Å². The summed E-state index contributed by atoms with van der Waals surface area (Å²) in [6, 6.07) is 4.04. The summed E-state index contributed by atoms with van der Waals surface area (Å²) < 4.78 is 0. The Kier molecular flexibility index (Phi) is 4.56. The van der Waals surface area contributed by atoms with Gasteiger partial charge >= 0.3 is 0 Å². The predicted octanol–water partition coefficient (Wildman–Crippen LogP) is 1.99. The zero-order valence-electron chi connectivity index (χ0n) is 9.77. The van der Waals surface area contributed by atoms with Crippen molar-refractivity contribution in [1.82, 2.24) is 4.98 Å². The number of rotatable bonds is 1. The molecule has 1 aliphatic heterocycles. The fourth-order valence-electron chi connectivity index (χ4n) is 1.64. The van der Waals surface area contributed by atoms with Crippen molar-refractivity contribution in [3.05, 3.63) is 23.9 Å². The van der Waals surface area contributed by atoms with Gasteiger partial charge in [0.2, 0.25) is 0 Å². The zero-order valence-corrected chi connectivity index (χ0v) is 9.77. The molecule has 1 unspecified atom stereocenters. The molecular weight excluding hydrogens is 188 g/mol. The smallest absolute Gasteiger partial charge is 0.128 e. The highest BCUT2D eigenvalue weighted by atomic mass is 16.3. The van der Waals surface area contributed by atoms with Gasteiger partial charge in [0, 0.05) is 19.3 Å². The lowest BCUT2D eigenvalue weighted by atomic mass is 10.3. The number of aliphatic hydroxyl groups is 1. The highest BCUT2D eigenvalue weighted by Gasteiger charge is 2.20. The first kappa shape index (κ1) is 12.0. The molecule has 1 aromatic heterocycles. The fraction of sp³-hybridized carbons (Fsp3) is 0.583. The lowest BCUT2D eigenvalue weighted by Crippen LogP contribution is -2.22. The van der Waals surface area contributed by atoms with E-state index in [2.05, 4.69) is 22.9 Å². The molecule has 1 saturated heterocycles. The van der Waals surface area contributed by atoms with Gasteiger partial charge in [0.15, 0.2) is 0 Å². The zero-order chi connectivity index (χ0) is 11.3. The number of anilines is 1. The molecule has 0 saturated carbocycles. The van der Waals surface area contributed by atoms with Gasteiger partial charge in [-0.2, -0.15) is 0 Å². The lowest BCUT2D eigenvalue weighted by Gasteiger charge is -2.16. The van der Waals surface area contributed by atoms with E-state index in [0.29, 0.717) is 0 Å². The molecule has 3 heteroatoms. The predicted molar refractivity (Wildman–Crippen MR) is 63.2 cm³/mol. The van der Waals surface area contributed by atoms with Gasteiger partial charge in [-0.1, -0.05) is 13.8 Å². The number of aliphatic hydroxyl groups excluding tert-OH is 1. The number of hydrogen-bond acceptors (Lipinski definition) is 3. The molecule has 1 aromatic rings. The van der Waals surface area contributed by atoms with Crippen LogP contribution in [-0.2, 0) is 0 Å². The quantitative estimate of drug-likeness (QED) is 0.766. The van der Waals surface area contributed by atoms with Gasteiger partial charge in [0.25, 0.3) is 0 Å². The van der Waals surface area contributed by atoms with Gasteiger partial charge < -0.3 is 10.0 Å². The second-order valence-corrected chi connectivity index (χ2v) is 3.58. The third kappa shape index (κ3) is 3.20. The van der Waals surface area contributed by atoms with Crippen LogP contribution in [0.25, 0.3) is 0 Å². The summed E-state index contributed by atoms with van der Waals surface area (Å²) in [5, 5.41) is 9.36. The Balaban J connectivity index is 0.000000531. The number of hydrogen-bond donors (Lipinski definition) is 1. The van der Waals surface area contributed by atoms with E-state index in [-0.39, 0.29) is 6.10 Å². The van der Waals surface area contributed by atoms with Crippen molar-refractivity contribution in [2.24, 2.45) is 0 Å². The lowest BCUT2D eigenvalue weighted by molar-refractivity contribution is 0.198. The van der Waals surface area contributed by atoms with Crippen LogP contribution in [0.2, 0.25) is 0 Å². The van der Waals surface area contributed by atoms with E-state index >= 15 is 0 Å². The van der Waals surface area contributed by atoms with E-state index in [1.807, 2.05) is 26.1 Å². The maximum absolute atomic E-state index is 9.36. The molecule has 15 heavy (non-hydrogen) atoms. The largest absolute Gasteiger partial charge is 0.391 e. The number of aromatic nitrogens is 1. The van der Waals surface area contributed by atoms with Crippen LogP contribution in [0.1, 0.15) is 25.8 Å². The standard InChI is InChI=1S/C10H14N2O.C2H6/c1-8-2-4-11-10(6-8)12-5-3-9(13)7-12;1-2/h2,4,6,9,13H,3,5,7H2,1H3;1-2H3. The van der Waals surface area contributed by atoms with Gasteiger partial charge in [-0.25, -0.2) is 4.98 Å². The summed E-state index contributed by atoms with van der Waals surface area (Å²) in [6.45, 7) is 7.69. The fourth-order valence-corrected chi connectivity index (χ4v) is 1.64. The first-order chi connectivity index (χ1) is 7.25. The highest BCUT2D eigenvalue weighted by molar-refractivity contribution is 5.41. The summed E-state index contributed by atoms with van der Waals surface area (Å²) in [4.78, 5) is 6.39. The molecular formula is C12H20N2O. The molecule has 0 spiro atoms. The summed E-state index contributed by atoms with van der Waals surface area (Å²) >= 11 is 0. The Hall–Kier alpha value is -1.09. The molecule has 0 radical (unpaired) electrons. The molecule has 0 aliphatic carbocycles. The molecule has 1 aliphatic rings. The number of nitrogens with zero attached hydrogens (tertiary/aromatic N) is 2. The van der Waals surface area contributed by atoms with E-state index in [9.17, 15) is 5.11 Å². The van der Waals surface area contributed by atoms with Crippen LogP contribution < -0.4 is 4.90 Å². The normalized spacial score (nSPS) is 19.7. The maximum atomic E-state index is 9.36. The van der Waals surface area contributed by atoms with Crippen molar-refractivity contribution in [2.45, 2.75) is 33.3 Å². The van der Waals surface area contributed by atoms with Crippen molar-refractivity contribution in [2.75, 3.05) is 18.0 Å². The molecule has 0 bridgehead atoms. The second-order valence-electron chi connectivity index (χ2n) is 3.58. The second kappa shape index (κ2) is 5.71. The van der Waals surface area contributed by atoms with Gasteiger partial charge in [-0.3, -0.25) is 0 Å². The van der Waals surface area contributed by atoms with Crippen molar-refractivity contribution < 1.29 is 5.11 Å². The Morgan fingerprint density at radius 1 is 1.47 bits per heavy atom. The molecule has 2 rings (SSSR count). The topological polar surface area (TPSA) is 36.4 Å². The third-order valence-electron chi connectivity index (χ3n) is 2.39. The van der Waals surface area contributed by atoms with E-state index < -0.39 is 0 Å². The van der Waals surface area contributed by atoms with Crippen LogP contribution in [0.5, 0.6) is 0 Å². The summed E-state index contributed by atoms with van der Waals surface area (Å²) in [5.41, 5.74) is 1.21. The van der Waals surface area contributed by atoms with E-state index in [1.54, 1.807) is 0 Å². The first-order valence-electron chi connectivity index (χ1n) is 5.61. The molecule has 1 N–H and O–H groups in total. The minimum atomic E-state index is -0.178. The minimum absolute atomic E-state index is 0.178. The average molecular weight is 208 g/mol. The van der Waals surface area contributed by atoms with Gasteiger partial charge in [0.1, 0.15) is 5.82 Å². The van der Waals surface area contributed by atoms with Crippen molar-refractivity contribution in [3.8, 4) is 0 Å². The van der Waals surface area contributed by atoms with Gasteiger partial charge in [-0.15, -0.1) is 0 Å². The third-order valence-corrected chi connectivity index (χ3v) is 2.39. The Bertz CT molecular complexity index is 301. The van der Waals surface area contributed by atoms with Crippen molar-refractivity contribution >= 4 is 5.82 Å². The average Bonchev–Trinajstić information content (AvgIpc) is 2.68. The Morgan fingerprint density at radius 3 is 2.73 bits per heavy atom. The van der Waals surface area contributed by atoms with Crippen LogP contribution in [0, 0.1) is 6.92 Å². The monoisotopic (exact) mass is 208 g/mol. The number of aryl methyl sites for hydroxylation is 1. The summed E-state index contributed by atoms with van der Waals surface area (Å²) in [6.07, 6.45) is 2.49.